The molecule has 0 fully saturated rings. The van der Waals surface area contributed by atoms with E-state index in [9.17, 15) is 9.59 Å². The van der Waals surface area contributed by atoms with Crippen LogP contribution in [0.15, 0.2) is 55.0 Å². The Labute approximate surface area is 152 Å². The third-order valence-corrected chi connectivity index (χ3v) is 4.30. The van der Waals surface area contributed by atoms with Crippen LogP contribution in [-0.4, -0.2) is 39.8 Å². The summed E-state index contributed by atoms with van der Waals surface area (Å²) in [6.45, 7) is 2.94. The Balaban J connectivity index is 1.51. The van der Waals surface area contributed by atoms with Crippen molar-refractivity contribution in [3.8, 4) is 0 Å². The zero-order chi connectivity index (χ0) is 18.4. The number of para-hydroxylation sites is 1. The number of aromatic amines is 1. The highest BCUT2D eigenvalue weighted by atomic mass is 16.2. The first-order valence-electron chi connectivity index (χ1n) is 8.59. The zero-order valence-corrected chi connectivity index (χ0v) is 14.7. The molecule has 0 aliphatic heterocycles. The minimum Gasteiger partial charge on any atom is -0.361 e. The summed E-state index contributed by atoms with van der Waals surface area (Å²) in [6, 6.07) is 11.7. The van der Waals surface area contributed by atoms with Crippen molar-refractivity contribution < 1.29 is 9.59 Å². The Morgan fingerprint density at radius 1 is 1.15 bits per heavy atom. The van der Waals surface area contributed by atoms with Crippen LogP contribution in [0.2, 0.25) is 0 Å². The number of carbonyl (C=O) groups excluding carboxylic acids is 2. The van der Waals surface area contributed by atoms with E-state index in [1.807, 2.05) is 42.6 Å². The minimum absolute atomic E-state index is 0.0207. The lowest BCUT2D eigenvalue weighted by atomic mass is 10.1. The van der Waals surface area contributed by atoms with Crippen molar-refractivity contribution >= 4 is 22.7 Å². The SMILES string of the molecule is CC(=O)N(CCNC(=O)Cc1c[nH]c2ccccc12)Cc1ccncc1. The molecular weight excluding hydrogens is 328 g/mol. The van der Waals surface area contributed by atoms with Gasteiger partial charge in [-0.1, -0.05) is 18.2 Å². The van der Waals surface area contributed by atoms with Crippen molar-refractivity contribution in [3.63, 3.8) is 0 Å². The summed E-state index contributed by atoms with van der Waals surface area (Å²) < 4.78 is 0. The van der Waals surface area contributed by atoms with E-state index in [4.69, 9.17) is 0 Å². The molecule has 2 N–H and O–H groups in total. The van der Waals surface area contributed by atoms with Gasteiger partial charge in [0, 0.05) is 56.1 Å². The fourth-order valence-corrected chi connectivity index (χ4v) is 2.90. The van der Waals surface area contributed by atoms with Crippen molar-refractivity contribution in [2.24, 2.45) is 0 Å². The highest BCUT2D eigenvalue weighted by Gasteiger charge is 2.11. The summed E-state index contributed by atoms with van der Waals surface area (Å²) in [5, 5.41) is 3.96. The van der Waals surface area contributed by atoms with E-state index >= 15 is 0 Å². The molecule has 3 aromatic rings. The Bertz CT molecular complexity index is 889. The molecule has 26 heavy (non-hydrogen) atoms. The lowest BCUT2D eigenvalue weighted by Gasteiger charge is -2.21. The summed E-state index contributed by atoms with van der Waals surface area (Å²) in [7, 11) is 0. The normalized spacial score (nSPS) is 10.7. The Kier molecular flexibility index (Phi) is 5.63. The maximum Gasteiger partial charge on any atom is 0.224 e. The van der Waals surface area contributed by atoms with E-state index in [1.165, 1.54) is 6.92 Å². The van der Waals surface area contributed by atoms with E-state index in [2.05, 4.69) is 15.3 Å². The maximum atomic E-state index is 12.2. The lowest BCUT2D eigenvalue weighted by Crippen LogP contribution is -2.37. The molecule has 0 spiro atoms. The predicted octanol–water partition coefficient (Wildman–Crippen LogP) is 2.27. The first-order valence-corrected chi connectivity index (χ1v) is 8.59. The van der Waals surface area contributed by atoms with E-state index in [0.29, 0.717) is 26.1 Å². The highest BCUT2D eigenvalue weighted by molar-refractivity contribution is 5.88. The van der Waals surface area contributed by atoms with E-state index < -0.39 is 0 Å². The first kappa shape index (κ1) is 17.7. The lowest BCUT2D eigenvalue weighted by molar-refractivity contribution is -0.130. The first-order chi connectivity index (χ1) is 12.6. The molecule has 0 aliphatic rings. The van der Waals surface area contributed by atoms with Crippen LogP contribution < -0.4 is 5.32 Å². The van der Waals surface area contributed by atoms with Gasteiger partial charge in [-0.15, -0.1) is 0 Å². The topological polar surface area (TPSA) is 78.1 Å². The van der Waals surface area contributed by atoms with Gasteiger partial charge in [-0.25, -0.2) is 0 Å². The van der Waals surface area contributed by atoms with Gasteiger partial charge in [-0.2, -0.15) is 0 Å². The predicted molar refractivity (Wildman–Crippen MR) is 100 cm³/mol. The third kappa shape index (κ3) is 4.47. The molecule has 2 heterocycles. The van der Waals surface area contributed by atoms with Crippen LogP contribution in [0.25, 0.3) is 10.9 Å². The van der Waals surface area contributed by atoms with Crippen molar-refractivity contribution in [2.45, 2.75) is 19.9 Å². The van der Waals surface area contributed by atoms with Crippen LogP contribution in [-0.2, 0) is 22.6 Å². The number of hydrogen-bond donors (Lipinski definition) is 2. The number of nitrogens with one attached hydrogen (secondary N) is 2. The van der Waals surface area contributed by atoms with E-state index in [-0.39, 0.29) is 11.8 Å². The van der Waals surface area contributed by atoms with Gasteiger partial charge in [0.25, 0.3) is 0 Å². The number of amides is 2. The van der Waals surface area contributed by atoms with Gasteiger partial charge in [0.15, 0.2) is 0 Å². The van der Waals surface area contributed by atoms with Crippen LogP contribution in [0.3, 0.4) is 0 Å². The van der Waals surface area contributed by atoms with Gasteiger partial charge in [-0.05, 0) is 29.3 Å². The monoisotopic (exact) mass is 350 g/mol. The molecule has 134 valence electrons. The number of carbonyl (C=O) groups is 2. The second kappa shape index (κ2) is 8.29. The molecule has 0 aliphatic carbocycles. The second-order valence-corrected chi connectivity index (χ2v) is 6.18. The Morgan fingerprint density at radius 2 is 1.92 bits per heavy atom. The molecule has 0 atom stereocenters. The van der Waals surface area contributed by atoms with Crippen LogP contribution in [0.1, 0.15) is 18.1 Å². The molecule has 3 rings (SSSR count). The van der Waals surface area contributed by atoms with Crippen molar-refractivity contribution in [3.05, 3.63) is 66.1 Å². The summed E-state index contributed by atoms with van der Waals surface area (Å²) in [5.41, 5.74) is 3.01. The Hall–Kier alpha value is -3.15. The van der Waals surface area contributed by atoms with E-state index in [1.54, 1.807) is 17.3 Å². The standard InChI is InChI=1S/C20H22N4O2/c1-15(25)24(14-16-6-8-21-9-7-16)11-10-22-20(26)12-17-13-23-19-5-3-2-4-18(17)19/h2-9,13,23H,10-12,14H2,1H3,(H,22,26). The number of H-pyrrole nitrogens is 1. The smallest absolute Gasteiger partial charge is 0.224 e. The highest BCUT2D eigenvalue weighted by Crippen LogP contribution is 2.17. The molecule has 2 aromatic heterocycles. The van der Waals surface area contributed by atoms with Gasteiger partial charge in [-0.3, -0.25) is 14.6 Å². The van der Waals surface area contributed by atoms with Crippen LogP contribution in [0, 0.1) is 0 Å². The molecule has 2 amide bonds. The molecule has 1 aromatic carbocycles. The van der Waals surface area contributed by atoms with Crippen molar-refractivity contribution in [1.29, 1.82) is 0 Å². The van der Waals surface area contributed by atoms with E-state index in [0.717, 1.165) is 22.0 Å². The number of pyridine rings is 1. The van der Waals surface area contributed by atoms with Gasteiger partial charge < -0.3 is 15.2 Å². The number of aromatic nitrogens is 2. The summed E-state index contributed by atoms with van der Waals surface area (Å²) in [6.07, 6.45) is 5.59. The van der Waals surface area contributed by atoms with Gasteiger partial charge in [0.1, 0.15) is 0 Å². The molecule has 6 nitrogen and oxygen atoms in total. The summed E-state index contributed by atoms with van der Waals surface area (Å²) in [4.78, 5) is 32.9. The molecule has 6 heteroatoms. The molecule has 0 bridgehead atoms. The minimum atomic E-state index is -0.0535. The number of hydrogen-bond acceptors (Lipinski definition) is 3. The van der Waals surface area contributed by atoms with Crippen LogP contribution >= 0.6 is 0 Å². The zero-order valence-electron chi connectivity index (χ0n) is 14.7. The van der Waals surface area contributed by atoms with Crippen molar-refractivity contribution in [1.82, 2.24) is 20.2 Å². The molecule has 0 saturated carbocycles. The molecular formula is C20H22N4O2. The Morgan fingerprint density at radius 3 is 2.69 bits per heavy atom. The molecule has 0 radical (unpaired) electrons. The molecule has 0 unspecified atom stereocenters. The average Bonchev–Trinajstić information content (AvgIpc) is 3.04. The summed E-state index contributed by atoms with van der Waals surface area (Å²) >= 11 is 0. The summed E-state index contributed by atoms with van der Waals surface area (Å²) in [5.74, 6) is -0.0742. The van der Waals surface area contributed by atoms with Crippen molar-refractivity contribution in [2.75, 3.05) is 13.1 Å². The largest absolute Gasteiger partial charge is 0.361 e. The number of benzene rings is 1. The van der Waals surface area contributed by atoms with Gasteiger partial charge in [0.2, 0.25) is 11.8 Å². The molecule has 0 saturated heterocycles. The quantitative estimate of drug-likeness (QED) is 0.686. The maximum absolute atomic E-state index is 12.2. The number of fused-ring (bicyclic) bond motifs is 1. The fourth-order valence-electron chi connectivity index (χ4n) is 2.90. The van der Waals surface area contributed by atoms with Crippen LogP contribution in [0.4, 0.5) is 0 Å². The average molecular weight is 350 g/mol. The number of rotatable bonds is 7. The number of nitrogens with zero attached hydrogens (tertiary/aromatic N) is 2. The second-order valence-electron chi connectivity index (χ2n) is 6.18. The van der Waals surface area contributed by atoms with Gasteiger partial charge >= 0.3 is 0 Å². The third-order valence-electron chi connectivity index (χ3n) is 4.30. The van der Waals surface area contributed by atoms with Crippen LogP contribution in [0.5, 0.6) is 0 Å². The fraction of sp³-hybridized carbons (Fsp3) is 0.250. The van der Waals surface area contributed by atoms with Gasteiger partial charge in [0.05, 0.1) is 6.42 Å².